The van der Waals surface area contributed by atoms with E-state index in [1.165, 1.54) is 6.92 Å². The normalized spacial score (nSPS) is 17.0. The molecular formula is C17H24N2O3. The zero-order valence-corrected chi connectivity index (χ0v) is 13.2. The zero-order chi connectivity index (χ0) is 15.9. The lowest BCUT2D eigenvalue weighted by Gasteiger charge is -2.28. The van der Waals surface area contributed by atoms with Gasteiger partial charge in [0.15, 0.2) is 5.78 Å². The van der Waals surface area contributed by atoms with Crippen molar-refractivity contribution in [1.29, 1.82) is 0 Å². The highest BCUT2D eigenvalue weighted by Crippen LogP contribution is 2.18. The van der Waals surface area contributed by atoms with Crippen LogP contribution in [-0.2, 0) is 9.53 Å². The number of carbonyl (C=O) groups is 2. The van der Waals surface area contributed by atoms with E-state index < -0.39 is 0 Å². The van der Waals surface area contributed by atoms with E-state index in [0.29, 0.717) is 23.2 Å². The molecule has 1 aromatic rings. The lowest BCUT2D eigenvalue weighted by Crippen LogP contribution is -2.40. The van der Waals surface area contributed by atoms with Crippen LogP contribution in [-0.4, -0.2) is 37.5 Å². The van der Waals surface area contributed by atoms with Gasteiger partial charge in [-0.3, -0.25) is 9.59 Å². The van der Waals surface area contributed by atoms with E-state index in [-0.39, 0.29) is 18.2 Å². The molecule has 1 fully saturated rings. The minimum atomic E-state index is -0.0976. The van der Waals surface area contributed by atoms with E-state index in [0.717, 1.165) is 26.1 Å². The Bertz CT molecular complexity index is 524. The van der Waals surface area contributed by atoms with E-state index >= 15 is 0 Å². The third-order valence-corrected chi connectivity index (χ3v) is 4.11. The Balaban J connectivity index is 1.80. The fourth-order valence-corrected chi connectivity index (χ4v) is 2.66. The van der Waals surface area contributed by atoms with E-state index in [1.54, 1.807) is 24.3 Å². The van der Waals surface area contributed by atoms with E-state index in [9.17, 15) is 9.59 Å². The van der Waals surface area contributed by atoms with Gasteiger partial charge in [0.1, 0.15) is 0 Å². The average Bonchev–Trinajstić information content (AvgIpc) is 2.53. The number of anilines is 1. The van der Waals surface area contributed by atoms with E-state index in [4.69, 9.17) is 4.74 Å². The molecule has 1 unspecified atom stereocenters. The maximum absolute atomic E-state index is 12.0. The van der Waals surface area contributed by atoms with Gasteiger partial charge in [0.05, 0.1) is 6.54 Å². The molecule has 2 rings (SSSR count). The number of benzene rings is 1. The molecule has 1 amide bonds. The Kier molecular flexibility index (Phi) is 6.10. The molecule has 0 aromatic heterocycles. The summed E-state index contributed by atoms with van der Waals surface area (Å²) < 4.78 is 5.35. The molecule has 120 valence electrons. The van der Waals surface area contributed by atoms with Gasteiger partial charge in [-0.2, -0.15) is 0 Å². The number of nitrogens with one attached hydrogen (secondary N) is 2. The summed E-state index contributed by atoms with van der Waals surface area (Å²) in [5, 5.41) is 6.09. The topological polar surface area (TPSA) is 67.4 Å². The molecule has 0 saturated carbocycles. The lowest BCUT2D eigenvalue weighted by atomic mass is 9.93. The van der Waals surface area contributed by atoms with E-state index in [1.807, 2.05) is 0 Å². The molecule has 5 nitrogen and oxygen atoms in total. The van der Waals surface area contributed by atoms with Gasteiger partial charge in [-0.1, -0.05) is 12.1 Å². The zero-order valence-electron chi connectivity index (χ0n) is 13.2. The highest BCUT2D eigenvalue weighted by Gasteiger charge is 2.20. The number of carbonyl (C=O) groups excluding carboxylic acids is 2. The SMILES string of the molecule is CC(=O)c1cccc(NC(=O)CNC(C)C2CCOCC2)c1. The van der Waals surface area contributed by atoms with Gasteiger partial charge < -0.3 is 15.4 Å². The molecule has 0 radical (unpaired) electrons. The standard InChI is InChI=1S/C17H24N2O3/c1-12(14-6-8-22-9-7-14)18-11-17(21)19-16-5-3-4-15(10-16)13(2)20/h3-5,10,12,14,18H,6-9,11H2,1-2H3,(H,19,21). The van der Waals surface area contributed by atoms with Crippen LogP contribution < -0.4 is 10.6 Å². The van der Waals surface area contributed by atoms with E-state index in [2.05, 4.69) is 17.6 Å². The first-order valence-corrected chi connectivity index (χ1v) is 7.78. The van der Waals surface area contributed by atoms with Crippen LogP contribution in [0.4, 0.5) is 5.69 Å². The molecule has 0 aliphatic carbocycles. The molecule has 1 atom stereocenters. The van der Waals surface area contributed by atoms with Crippen molar-refractivity contribution in [2.75, 3.05) is 25.1 Å². The van der Waals surface area contributed by atoms with Gasteiger partial charge >= 0.3 is 0 Å². The van der Waals surface area contributed by atoms with Crippen molar-refractivity contribution < 1.29 is 14.3 Å². The maximum Gasteiger partial charge on any atom is 0.238 e. The maximum atomic E-state index is 12.0. The van der Waals surface area contributed by atoms with Crippen molar-refractivity contribution in [2.24, 2.45) is 5.92 Å². The van der Waals surface area contributed by atoms with Gasteiger partial charge in [-0.05, 0) is 44.7 Å². The van der Waals surface area contributed by atoms with Crippen molar-refractivity contribution in [3.8, 4) is 0 Å². The van der Waals surface area contributed by atoms with Crippen LogP contribution in [0.1, 0.15) is 37.0 Å². The first-order valence-electron chi connectivity index (χ1n) is 7.78. The first-order chi connectivity index (χ1) is 10.6. The Morgan fingerprint density at radius 2 is 2.05 bits per heavy atom. The van der Waals surface area contributed by atoms with Crippen molar-refractivity contribution in [1.82, 2.24) is 5.32 Å². The number of ether oxygens (including phenoxy) is 1. The number of rotatable bonds is 6. The Hall–Kier alpha value is -1.72. The summed E-state index contributed by atoms with van der Waals surface area (Å²) in [7, 11) is 0. The largest absolute Gasteiger partial charge is 0.381 e. The van der Waals surface area contributed by atoms with Crippen molar-refractivity contribution in [3.63, 3.8) is 0 Å². The summed E-state index contributed by atoms with van der Waals surface area (Å²) >= 11 is 0. The smallest absolute Gasteiger partial charge is 0.238 e. The molecule has 5 heteroatoms. The van der Waals surface area contributed by atoms with Crippen LogP contribution in [0.5, 0.6) is 0 Å². The van der Waals surface area contributed by atoms with Crippen molar-refractivity contribution >= 4 is 17.4 Å². The third-order valence-electron chi connectivity index (χ3n) is 4.11. The van der Waals surface area contributed by atoms with Gasteiger partial charge in [-0.25, -0.2) is 0 Å². The second-order valence-electron chi connectivity index (χ2n) is 5.80. The summed E-state index contributed by atoms with van der Waals surface area (Å²) in [6.45, 7) is 5.50. The molecule has 1 saturated heterocycles. The Labute approximate surface area is 131 Å². The molecule has 0 spiro atoms. The minimum Gasteiger partial charge on any atom is -0.381 e. The lowest BCUT2D eigenvalue weighted by molar-refractivity contribution is -0.115. The fourth-order valence-electron chi connectivity index (χ4n) is 2.66. The van der Waals surface area contributed by atoms with Crippen LogP contribution in [0.25, 0.3) is 0 Å². The predicted molar refractivity (Wildman–Crippen MR) is 86.1 cm³/mol. The molecule has 1 aliphatic heterocycles. The second kappa shape index (κ2) is 8.06. The molecule has 1 aliphatic rings. The molecular weight excluding hydrogens is 280 g/mol. The molecule has 0 bridgehead atoms. The van der Waals surface area contributed by atoms with Crippen molar-refractivity contribution in [2.45, 2.75) is 32.7 Å². The molecule has 2 N–H and O–H groups in total. The van der Waals surface area contributed by atoms with Crippen LogP contribution in [0.3, 0.4) is 0 Å². The van der Waals surface area contributed by atoms with Gasteiger partial charge in [0, 0.05) is 30.5 Å². The monoisotopic (exact) mass is 304 g/mol. The van der Waals surface area contributed by atoms with Crippen LogP contribution in [0.15, 0.2) is 24.3 Å². The van der Waals surface area contributed by atoms with Crippen LogP contribution in [0.2, 0.25) is 0 Å². The highest BCUT2D eigenvalue weighted by atomic mass is 16.5. The summed E-state index contributed by atoms with van der Waals surface area (Å²) in [5.74, 6) is 0.449. The number of amides is 1. The second-order valence-corrected chi connectivity index (χ2v) is 5.80. The summed E-state index contributed by atoms with van der Waals surface area (Å²) in [6, 6.07) is 7.28. The number of hydrogen-bond acceptors (Lipinski definition) is 4. The van der Waals surface area contributed by atoms with Gasteiger partial charge in [0.2, 0.25) is 5.91 Å². The summed E-state index contributed by atoms with van der Waals surface area (Å²) in [5.41, 5.74) is 1.25. The minimum absolute atomic E-state index is 0.0117. The van der Waals surface area contributed by atoms with Crippen LogP contribution >= 0.6 is 0 Å². The number of Topliss-reactive ketones (excluding diaryl/α,β-unsaturated/α-hetero) is 1. The molecule has 1 aromatic carbocycles. The Morgan fingerprint density at radius 1 is 1.32 bits per heavy atom. The quantitative estimate of drug-likeness (QED) is 0.791. The van der Waals surface area contributed by atoms with Crippen molar-refractivity contribution in [3.05, 3.63) is 29.8 Å². The predicted octanol–water partition coefficient (Wildman–Crippen LogP) is 2.23. The fraction of sp³-hybridized carbons (Fsp3) is 0.529. The first kappa shape index (κ1) is 16.6. The average molecular weight is 304 g/mol. The summed E-state index contributed by atoms with van der Waals surface area (Å²) in [6.07, 6.45) is 2.08. The number of hydrogen-bond donors (Lipinski definition) is 2. The summed E-state index contributed by atoms with van der Waals surface area (Å²) in [4.78, 5) is 23.3. The number of ketones is 1. The van der Waals surface area contributed by atoms with Gasteiger partial charge in [0.25, 0.3) is 0 Å². The molecule has 22 heavy (non-hydrogen) atoms. The van der Waals surface area contributed by atoms with Gasteiger partial charge in [-0.15, -0.1) is 0 Å². The third kappa shape index (κ3) is 4.93. The highest BCUT2D eigenvalue weighted by molar-refractivity contribution is 5.97. The Morgan fingerprint density at radius 3 is 2.73 bits per heavy atom. The van der Waals surface area contributed by atoms with Crippen LogP contribution in [0, 0.1) is 5.92 Å². The molecule has 1 heterocycles.